The van der Waals surface area contributed by atoms with Crippen molar-refractivity contribution in [2.45, 2.75) is 19.4 Å². The Morgan fingerprint density at radius 2 is 2.47 bits per heavy atom. The Bertz CT molecular complexity index is 417. The van der Waals surface area contributed by atoms with Crippen LogP contribution in [0.4, 0.5) is 0 Å². The Morgan fingerprint density at radius 1 is 1.76 bits per heavy atom. The van der Waals surface area contributed by atoms with Crippen LogP contribution in [0.25, 0.3) is 0 Å². The number of nitrogens with zero attached hydrogens (tertiary/aromatic N) is 1. The third-order valence-corrected chi connectivity index (χ3v) is 3.13. The number of oxime groups is 1. The molecule has 0 saturated heterocycles. The first-order valence-corrected chi connectivity index (χ1v) is 5.91. The minimum absolute atomic E-state index is 0.00984. The summed E-state index contributed by atoms with van der Waals surface area (Å²) in [6, 6.07) is 1.17. The number of methoxy groups -OCH3 is 1. The zero-order valence-corrected chi connectivity index (χ0v) is 10.5. The van der Waals surface area contributed by atoms with Crippen molar-refractivity contribution in [2.75, 3.05) is 7.11 Å². The third kappa shape index (κ3) is 3.35. The van der Waals surface area contributed by atoms with Gasteiger partial charge in [0.25, 0.3) is 5.91 Å². The van der Waals surface area contributed by atoms with Gasteiger partial charge in [-0.3, -0.25) is 4.79 Å². The monoisotopic (exact) mass is 257 g/mol. The molecule has 0 aromatic carbocycles. The summed E-state index contributed by atoms with van der Waals surface area (Å²) in [6.45, 7) is 1.83. The van der Waals surface area contributed by atoms with Crippen molar-refractivity contribution in [1.82, 2.24) is 5.32 Å². The second kappa shape index (κ2) is 6.09. The molecule has 0 fully saturated rings. The topological polar surface area (TPSA) is 96.9 Å². The predicted octanol–water partition coefficient (Wildman–Crippen LogP) is 1.01. The average molecular weight is 257 g/mol. The summed E-state index contributed by atoms with van der Waals surface area (Å²) in [5, 5.41) is 15.8. The van der Waals surface area contributed by atoms with E-state index in [0.717, 1.165) is 0 Å². The maximum atomic E-state index is 11.8. The lowest BCUT2D eigenvalue weighted by Gasteiger charge is -2.14. The molecule has 7 heteroatoms. The van der Waals surface area contributed by atoms with E-state index >= 15 is 0 Å². The fourth-order valence-electron chi connectivity index (χ4n) is 1.23. The Balaban J connectivity index is 2.70. The van der Waals surface area contributed by atoms with Crippen LogP contribution >= 0.6 is 11.3 Å². The van der Waals surface area contributed by atoms with E-state index in [1.807, 2.05) is 6.92 Å². The Morgan fingerprint density at radius 3 is 2.94 bits per heavy atom. The minimum Gasteiger partial charge on any atom is -0.496 e. The minimum atomic E-state index is -0.472. The highest BCUT2D eigenvalue weighted by Gasteiger charge is 2.17. The average Bonchev–Trinajstić information content (AvgIpc) is 2.83. The second-order valence-electron chi connectivity index (χ2n) is 3.31. The fraction of sp³-hybridized carbons (Fsp3) is 0.400. The summed E-state index contributed by atoms with van der Waals surface area (Å²) >= 11 is 1.27. The van der Waals surface area contributed by atoms with E-state index in [0.29, 0.717) is 17.0 Å². The Hall–Kier alpha value is -1.76. The van der Waals surface area contributed by atoms with Crippen LogP contribution < -0.4 is 15.8 Å². The van der Waals surface area contributed by atoms with E-state index in [9.17, 15) is 4.79 Å². The lowest BCUT2D eigenvalue weighted by molar-refractivity contribution is 0.0949. The van der Waals surface area contributed by atoms with Crippen molar-refractivity contribution < 1.29 is 14.7 Å². The lowest BCUT2D eigenvalue weighted by atomic mass is 10.2. The number of hydrogen-bond donors (Lipinski definition) is 3. The SMILES string of the molecule is CCC(NC(=O)c1cc(OC)cs1)C(N)=NO. The van der Waals surface area contributed by atoms with E-state index < -0.39 is 6.04 Å². The van der Waals surface area contributed by atoms with Gasteiger partial charge in [-0.1, -0.05) is 12.1 Å². The predicted molar refractivity (Wildman–Crippen MR) is 65.8 cm³/mol. The quantitative estimate of drug-likeness (QED) is 0.317. The van der Waals surface area contributed by atoms with Gasteiger partial charge in [-0.15, -0.1) is 11.3 Å². The van der Waals surface area contributed by atoms with Gasteiger partial charge in [0.2, 0.25) is 0 Å². The smallest absolute Gasteiger partial charge is 0.262 e. The van der Waals surface area contributed by atoms with Gasteiger partial charge in [0.1, 0.15) is 5.75 Å². The zero-order valence-electron chi connectivity index (χ0n) is 9.64. The van der Waals surface area contributed by atoms with Gasteiger partial charge in [0.15, 0.2) is 5.84 Å². The van der Waals surface area contributed by atoms with Crippen LogP contribution in [0.5, 0.6) is 5.75 Å². The summed E-state index contributed by atoms with van der Waals surface area (Å²) in [6.07, 6.45) is 0.546. The van der Waals surface area contributed by atoms with Crippen LogP contribution in [-0.4, -0.2) is 30.1 Å². The van der Waals surface area contributed by atoms with Crippen LogP contribution in [-0.2, 0) is 0 Å². The first-order valence-electron chi connectivity index (χ1n) is 5.03. The molecule has 6 nitrogen and oxygen atoms in total. The van der Waals surface area contributed by atoms with E-state index in [1.54, 1.807) is 11.4 Å². The molecule has 0 aliphatic rings. The molecule has 0 spiro atoms. The van der Waals surface area contributed by atoms with E-state index in [4.69, 9.17) is 15.7 Å². The molecule has 1 unspecified atom stereocenters. The van der Waals surface area contributed by atoms with Gasteiger partial charge in [-0.25, -0.2) is 0 Å². The number of ether oxygens (including phenoxy) is 1. The van der Waals surface area contributed by atoms with Gasteiger partial charge >= 0.3 is 0 Å². The molecule has 1 atom stereocenters. The second-order valence-corrected chi connectivity index (χ2v) is 4.22. The van der Waals surface area contributed by atoms with Crippen LogP contribution in [0.15, 0.2) is 16.6 Å². The van der Waals surface area contributed by atoms with Gasteiger partial charge in [-0.05, 0) is 6.42 Å². The van der Waals surface area contributed by atoms with Crippen molar-refractivity contribution in [3.05, 3.63) is 16.3 Å². The van der Waals surface area contributed by atoms with Crippen molar-refractivity contribution in [2.24, 2.45) is 10.9 Å². The zero-order chi connectivity index (χ0) is 12.8. The number of thiophene rings is 1. The number of carbonyl (C=O) groups is 1. The van der Waals surface area contributed by atoms with Gasteiger partial charge in [-0.2, -0.15) is 0 Å². The summed E-state index contributed by atoms with van der Waals surface area (Å²) in [5.41, 5.74) is 5.45. The van der Waals surface area contributed by atoms with Crippen molar-refractivity contribution in [3.63, 3.8) is 0 Å². The normalized spacial score (nSPS) is 13.2. The number of nitrogens with two attached hydrogens (primary N) is 1. The number of carbonyl (C=O) groups excluding carboxylic acids is 1. The summed E-state index contributed by atoms with van der Waals surface area (Å²) in [5.74, 6) is 0.359. The number of amides is 1. The third-order valence-electron chi connectivity index (χ3n) is 2.22. The summed E-state index contributed by atoms with van der Waals surface area (Å²) in [7, 11) is 1.54. The maximum Gasteiger partial charge on any atom is 0.262 e. The molecule has 17 heavy (non-hydrogen) atoms. The number of rotatable bonds is 5. The molecule has 0 bridgehead atoms. The molecule has 0 radical (unpaired) electrons. The van der Waals surface area contributed by atoms with Crippen LogP contribution in [0.2, 0.25) is 0 Å². The first kappa shape index (κ1) is 13.3. The summed E-state index contributed by atoms with van der Waals surface area (Å²) < 4.78 is 4.99. The molecule has 0 saturated carbocycles. The number of nitrogens with one attached hydrogen (secondary N) is 1. The van der Waals surface area contributed by atoms with Gasteiger partial charge in [0, 0.05) is 11.4 Å². The Labute approximate surface area is 103 Å². The van der Waals surface area contributed by atoms with E-state index in [1.165, 1.54) is 18.4 Å². The lowest BCUT2D eigenvalue weighted by Crippen LogP contribution is -2.43. The molecule has 0 aliphatic carbocycles. The first-order chi connectivity index (χ1) is 8.12. The largest absolute Gasteiger partial charge is 0.496 e. The highest BCUT2D eigenvalue weighted by molar-refractivity contribution is 7.12. The molecule has 94 valence electrons. The molecule has 1 heterocycles. The highest BCUT2D eigenvalue weighted by Crippen LogP contribution is 2.20. The number of amidine groups is 1. The van der Waals surface area contributed by atoms with Crippen molar-refractivity contribution >= 4 is 23.1 Å². The molecule has 4 N–H and O–H groups in total. The standard InChI is InChI=1S/C10H15N3O3S/c1-3-7(9(11)13-15)12-10(14)8-4-6(16-2)5-17-8/h4-5,7,15H,3H2,1-2H3,(H2,11,13)(H,12,14). The molecule has 1 aromatic heterocycles. The summed E-state index contributed by atoms with van der Waals surface area (Å²) in [4.78, 5) is 12.3. The Kier molecular flexibility index (Phi) is 4.77. The molecule has 0 aliphatic heterocycles. The fourth-order valence-corrected chi connectivity index (χ4v) is 1.99. The van der Waals surface area contributed by atoms with Crippen LogP contribution in [0.3, 0.4) is 0 Å². The van der Waals surface area contributed by atoms with Gasteiger partial charge < -0.3 is 21.0 Å². The molecular formula is C10H15N3O3S. The molecular weight excluding hydrogens is 242 g/mol. The van der Waals surface area contributed by atoms with Crippen molar-refractivity contribution in [3.8, 4) is 5.75 Å². The van der Waals surface area contributed by atoms with E-state index in [-0.39, 0.29) is 11.7 Å². The maximum absolute atomic E-state index is 11.8. The molecule has 1 aromatic rings. The molecule has 1 amide bonds. The van der Waals surface area contributed by atoms with Crippen LogP contribution in [0, 0.1) is 0 Å². The van der Waals surface area contributed by atoms with Crippen molar-refractivity contribution in [1.29, 1.82) is 0 Å². The highest BCUT2D eigenvalue weighted by atomic mass is 32.1. The van der Waals surface area contributed by atoms with Crippen LogP contribution in [0.1, 0.15) is 23.0 Å². The molecule has 1 rings (SSSR count). The van der Waals surface area contributed by atoms with E-state index in [2.05, 4.69) is 10.5 Å². The van der Waals surface area contributed by atoms with Gasteiger partial charge in [0.05, 0.1) is 18.0 Å². The number of hydrogen-bond acceptors (Lipinski definition) is 5.